The number of nitriles is 1. The van der Waals surface area contributed by atoms with Crippen molar-refractivity contribution >= 4 is 11.8 Å². The van der Waals surface area contributed by atoms with Crippen molar-refractivity contribution in [2.75, 3.05) is 18.0 Å². The van der Waals surface area contributed by atoms with Gasteiger partial charge in [-0.15, -0.1) is 0 Å². The van der Waals surface area contributed by atoms with Gasteiger partial charge in [-0.2, -0.15) is 0 Å². The summed E-state index contributed by atoms with van der Waals surface area (Å²) in [6, 6.07) is 4.04. The third-order valence-electron chi connectivity index (χ3n) is 6.19. The average Bonchev–Trinajstić information content (AvgIpc) is 2.69. The summed E-state index contributed by atoms with van der Waals surface area (Å²) in [5.41, 5.74) is 5.91. The molecule has 0 N–H and O–H groups in total. The predicted molar refractivity (Wildman–Crippen MR) is 115 cm³/mol. The highest BCUT2D eigenvalue weighted by molar-refractivity contribution is 5.69. The third-order valence-corrected chi connectivity index (χ3v) is 6.19. The van der Waals surface area contributed by atoms with Crippen LogP contribution < -0.4 is 4.90 Å². The van der Waals surface area contributed by atoms with Gasteiger partial charge in [0.25, 0.3) is 5.70 Å². The molecule has 2 aliphatic heterocycles. The van der Waals surface area contributed by atoms with Crippen LogP contribution in [0.2, 0.25) is 0 Å². The van der Waals surface area contributed by atoms with E-state index in [1.54, 1.807) is 0 Å². The molecule has 0 amide bonds. The highest BCUT2D eigenvalue weighted by Crippen LogP contribution is 2.41. The third kappa shape index (κ3) is 3.73. The van der Waals surface area contributed by atoms with Crippen molar-refractivity contribution in [2.24, 2.45) is 5.41 Å². The van der Waals surface area contributed by atoms with Crippen molar-refractivity contribution in [3.63, 3.8) is 0 Å². The van der Waals surface area contributed by atoms with Crippen LogP contribution in [0.25, 0.3) is 10.9 Å². The summed E-state index contributed by atoms with van der Waals surface area (Å²) < 4.78 is 15.3. The van der Waals surface area contributed by atoms with E-state index in [0.717, 1.165) is 67.6 Å². The summed E-state index contributed by atoms with van der Waals surface area (Å²) in [5, 5.41) is 9.25. The van der Waals surface area contributed by atoms with Crippen LogP contribution in [0.1, 0.15) is 56.2 Å². The Balaban J connectivity index is 1.72. The van der Waals surface area contributed by atoms with E-state index in [4.69, 9.17) is 6.57 Å². The molecule has 1 aliphatic carbocycles. The first kappa shape index (κ1) is 19.5. The van der Waals surface area contributed by atoms with Crippen LogP contribution >= 0.6 is 0 Å². The van der Waals surface area contributed by atoms with E-state index in [1.165, 1.54) is 5.56 Å². The largest absolute Gasteiger partial charge is 0.371 e. The Morgan fingerprint density at radius 1 is 1.24 bits per heavy atom. The Labute approximate surface area is 172 Å². The molecule has 3 aliphatic rings. The van der Waals surface area contributed by atoms with E-state index >= 15 is 4.39 Å². The van der Waals surface area contributed by atoms with Crippen LogP contribution in [0, 0.1) is 29.1 Å². The molecule has 3 nitrogen and oxygen atoms in total. The van der Waals surface area contributed by atoms with Gasteiger partial charge in [-0.25, -0.2) is 14.5 Å². The van der Waals surface area contributed by atoms with E-state index in [9.17, 15) is 5.26 Å². The van der Waals surface area contributed by atoms with Gasteiger partial charge < -0.3 is 4.90 Å². The van der Waals surface area contributed by atoms with Gasteiger partial charge in [0.15, 0.2) is 0 Å². The Kier molecular flexibility index (Phi) is 5.05. The van der Waals surface area contributed by atoms with Gasteiger partial charge in [-0.1, -0.05) is 32.1 Å². The van der Waals surface area contributed by atoms with Crippen molar-refractivity contribution in [1.29, 1.82) is 5.26 Å². The lowest BCUT2D eigenvalue weighted by atomic mass is 9.74. The number of allylic oxidation sites excluding steroid dienone is 5. The Morgan fingerprint density at radius 3 is 2.72 bits per heavy atom. The number of halogens is 1. The van der Waals surface area contributed by atoms with Crippen molar-refractivity contribution in [3.05, 3.63) is 69.0 Å². The number of rotatable bonds is 2. The van der Waals surface area contributed by atoms with Crippen LogP contribution in [-0.2, 0) is 12.8 Å². The molecule has 0 unspecified atom stereocenters. The molecule has 4 rings (SSSR count). The average molecular weight is 388 g/mol. The van der Waals surface area contributed by atoms with E-state index in [-0.39, 0.29) is 16.9 Å². The van der Waals surface area contributed by atoms with E-state index < -0.39 is 0 Å². The normalized spacial score (nSPS) is 21.8. The summed E-state index contributed by atoms with van der Waals surface area (Å²) in [6.45, 7) is 13.6. The van der Waals surface area contributed by atoms with Crippen molar-refractivity contribution < 1.29 is 4.39 Å². The predicted octanol–water partition coefficient (Wildman–Crippen LogP) is 5.98. The monoisotopic (exact) mass is 387 g/mol. The number of hydrogen-bond donors (Lipinski definition) is 0. The first-order valence-corrected chi connectivity index (χ1v) is 10.4. The summed E-state index contributed by atoms with van der Waals surface area (Å²) in [5.74, 6) is -0.0862. The molecule has 2 heterocycles. The Bertz CT molecular complexity index is 1010. The summed E-state index contributed by atoms with van der Waals surface area (Å²) in [7, 11) is 0. The second kappa shape index (κ2) is 7.53. The molecule has 0 saturated heterocycles. The van der Waals surface area contributed by atoms with Gasteiger partial charge in [0.1, 0.15) is 5.82 Å². The van der Waals surface area contributed by atoms with Crippen molar-refractivity contribution in [2.45, 2.75) is 52.4 Å². The molecular formula is C25H26FN3. The highest BCUT2D eigenvalue weighted by atomic mass is 19.1. The molecule has 0 atom stereocenters. The topological polar surface area (TPSA) is 31.4 Å². The van der Waals surface area contributed by atoms with Gasteiger partial charge in [0, 0.05) is 29.9 Å². The van der Waals surface area contributed by atoms with Crippen molar-refractivity contribution in [3.8, 4) is 6.07 Å². The first-order chi connectivity index (χ1) is 13.9. The maximum Gasteiger partial charge on any atom is 0.265 e. The van der Waals surface area contributed by atoms with Gasteiger partial charge in [-0.05, 0) is 66.7 Å². The molecular weight excluding hydrogens is 361 g/mol. The number of benzene rings is 1. The summed E-state index contributed by atoms with van der Waals surface area (Å²) in [6.07, 6.45) is 11.3. The molecule has 0 spiro atoms. The molecule has 0 fully saturated rings. The molecule has 4 heteroatoms. The molecule has 0 saturated carbocycles. The van der Waals surface area contributed by atoms with Gasteiger partial charge in [0.2, 0.25) is 0 Å². The lowest BCUT2D eigenvalue weighted by Crippen LogP contribution is -2.35. The number of aryl methyl sites for hydroxylation is 1. The van der Waals surface area contributed by atoms with E-state index in [0.29, 0.717) is 12.0 Å². The van der Waals surface area contributed by atoms with Crippen LogP contribution in [0.4, 0.5) is 10.1 Å². The number of hydrogen-bond acceptors (Lipinski definition) is 2. The first-order valence-electron chi connectivity index (χ1n) is 10.4. The zero-order chi connectivity index (χ0) is 20.6. The standard InChI is InChI=1S/C25H26FN3/c1-25(2)14-17(12-20(15-25)22(16-27)28-3)8-9-18-13-19-6-4-10-29-11-5-7-21(23(18)26)24(19)29/h8-9,12-13H,4-7,10-11,14-15H2,1-2H3/b9-8+,22-20-. The van der Waals surface area contributed by atoms with Crippen LogP contribution in [-0.4, -0.2) is 13.1 Å². The zero-order valence-electron chi connectivity index (χ0n) is 17.2. The maximum atomic E-state index is 15.3. The molecule has 1 aromatic carbocycles. The SMILES string of the molecule is [C-]#[N+]/C(C#N)=C1C=C(/C=C/c2cc3c4c(c2F)CCCN4CCC3)CC(C)(C)C/1. The second-order valence-corrected chi connectivity index (χ2v) is 9.13. The maximum absolute atomic E-state index is 15.3. The van der Waals surface area contributed by atoms with Crippen LogP contribution in [0.3, 0.4) is 0 Å². The zero-order valence-corrected chi connectivity index (χ0v) is 17.2. The second-order valence-electron chi connectivity index (χ2n) is 9.13. The van der Waals surface area contributed by atoms with Gasteiger partial charge in [0.05, 0.1) is 12.6 Å². The molecule has 0 aromatic heterocycles. The molecule has 0 bridgehead atoms. The number of nitrogens with zero attached hydrogens (tertiary/aromatic N) is 3. The minimum atomic E-state index is -0.0862. The van der Waals surface area contributed by atoms with Crippen LogP contribution in [0.5, 0.6) is 0 Å². The summed E-state index contributed by atoms with van der Waals surface area (Å²) >= 11 is 0. The fraction of sp³-hybridized carbons (Fsp3) is 0.440. The highest BCUT2D eigenvalue weighted by Gasteiger charge is 2.28. The van der Waals surface area contributed by atoms with Crippen LogP contribution in [0.15, 0.2) is 35.1 Å². The quantitative estimate of drug-likeness (QED) is 0.462. The van der Waals surface area contributed by atoms with E-state index in [2.05, 4.69) is 23.6 Å². The Hall–Kier alpha value is -2.85. The van der Waals surface area contributed by atoms with Crippen molar-refractivity contribution in [1.82, 2.24) is 0 Å². The number of anilines is 1. The Morgan fingerprint density at radius 2 is 2.00 bits per heavy atom. The molecule has 148 valence electrons. The summed E-state index contributed by atoms with van der Waals surface area (Å²) in [4.78, 5) is 5.73. The lowest BCUT2D eigenvalue weighted by Gasteiger charge is -2.37. The minimum Gasteiger partial charge on any atom is -0.371 e. The fourth-order valence-corrected chi connectivity index (χ4v) is 5.05. The molecule has 1 aromatic rings. The van der Waals surface area contributed by atoms with E-state index in [1.807, 2.05) is 30.4 Å². The molecule has 0 radical (unpaired) electrons. The minimum absolute atomic E-state index is 0.0303. The molecule has 29 heavy (non-hydrogen) atoms. The lowest BCUT2D eigenvalue weighted by molar-refractivity contribution is 0.354. The smallest absolute Gasteiger partial charge is 0.265 e. The van der Waals surface area contributed by atoms with Gasteiger partial charge in [-0.3, -0.25) is 0 Å². The van der Waals surface area contributed by atoms with Gasteiger partial charge >= 0.3 is 0 Å². The fourth-order valence-electron chi connectivity index (χ4n) is 5.05.